The molecular formula is C13H15BrN2O5. The number of hydrogen-bond donors (Lipinski definition) is 1. The van der Waals surface area contributed by atoms with Gasteiger partial charge >= 0.3 is 5.97 Å². The van der Waals surface area contributed by atoms with E-state index < -0.39 is 22.2 Å². The van der Waals surface area contributed by atoms with Gasteiger partial charge in [-0.25, -0.2) is 0 Å². The van der Waals surface area contributed by atoms with Crippen LogP contribution < -0.4 is 5.32 Å². The van der Waals surface area contributed by atoms with Gasteiger partial charge in [-0.05, 0) is 26.0 Å². The van der Waals surface area contributed by atoms with Crippen LogP contribution in [0.5, 0.6) is 0 Å². The molecule has 0 saturated carbocycles. The molecule has 21 heavy (non-hydrogen) atoms. The standard InChI is InChI=1S/C13H15BrN2O5/c1-13(2,12(18)21-3)7-15-11(17)9-6-8(14)4-5-10(9)16(19)20/h4-6H,7H2,1-3H3,(H,15,17). The van der Waals surface area contributed by atoms with Crippen molar-refractivity contribution in [2.45, 2.75) is 13.8 Å². The van der Waals surface area contributed by atoms with Crippen LogP contribution >= 0.6 is 15.9 Å². The van der Waals surface area contributed by atoms with E-state index in [-0.39, 0.29) is 17.8 Å². The Balaban J connectivity index is 2.93. The maximum atomic E-state index is 12.1. The Kier molecular flexibility index (Phi) is 5.42. The summed E-state index contributed by atoms with van der Waals surface area (Å²) in [4.78, 5) is 33.9. The third kappa shape index (κ3) is 4.25. The van der Waals surface area contributed by atoms with Crippen molar-refractivity contribution in [1.82, 2.24) is 5.32 Å². The molecular weight excluding hydrogens is 344 g/mol. The van der Waals surface area contributed by atoms with E-state index in [2.05, 4.69) is 26.0 Å². The fourth-order valence-electron chi connectivity index (χ4n) is 1.59. The molecule has 1 amide bonds. The topological polar surface area (TPSA) is 98.5 Å². The Morgan fingerprint density at radius 3 is 2.57 bits per heavy atom. The summed E-state index contributed by atoms with van der Waals surface area (Å²) in [6.07, 6.45) is 0. The molecule has 0 heterocycles. The fourth-order valence-corrected chi connectivity index (χ4v) is 1.96. The molecule has 0 fully saturated rings. The summed E-state index contributed by atoms with van der Waals surface area (Å²) >= 11 is 3.16. The second-order valence-electron chi connectivity index (χ2n) is 4.98. The lowest BCUT2D eigenvalue weighted by molar-refractivity contribution is -0.385. The molecule has 1 rings (SSSR count). The van der Waals surface area contributed by atoms with Crippen LogP contribution in [0.2, 0.25) is 0 Å². The van der Waals surface area contributed by atoms with Gasteiger partial charge < -0.3 is 10.1 Å². The second-order valence-corrected chi connectivity index (χ2v) is 5.89. The Bertz CT molecular complexity index is 586. The predicted octanol–water partition coefficient (Wildman–Crippen LogP) is 2.29. The molecule has 0 saturated heterocycles. The Labute approximate surface area is 129 Å². The van der Waals surface area contributed by atoms with Crippen LogP contribution in [-0.4, -0.2) is 30.5 Å². The van der Waals surface area contributed by atoms with Crippen molar-refractivity contribution < 1.29 is 19.2 Å². The van der Waals surface area contributed by atoms with E-state index in [9.17, 15) is 19.7 Å². The Morgan fingerprint density at radius 2 is 2.05 bits per heavy atom. The van der Waals surface area contributed by atoms with Crippen molar-refractivity contribution in [3.8, 4) is 0 Å². The number of rotatable bonds is 5. The quantitative estimate of drug-likeness (QED) is 0.494. The van der Waals surface area contributed by atoms with Gasteiger partial charge in [0.15, 0.2) is 0 Å². The summed E-state index contributed by atoms with van der Waals surface area (Å²) in [7, 11) is 1.26. The molecule has 0 aromatic heterocycles. The summed E-state index contributed by atoms with van der Waals surface area (Å²) in [5.74, 6) is -1.11. The molecule has 1 aromatic rings. The molecule has 8 heteroatoms. The highest BCUT2D eigenvalue weighted by Crippen LogP contribution is 2.23. The summed E-state index contributed by atoms with van der Waals surface area (Å²) in [6.45, 7) is 3.21. The van der Waals surface area contributed by atoms with E-state index >= 15 is 0 Å². The van der Waals surface area contributed by atoms with Gasteiger partial charge in [-0.2, -0.15) is 0 Å². The first-order chi connectivity index (χ1) is 9.69. The van der Waals surface area contributed by atoms with Crippen LogP contribution in [0.25, 0.3) is 0 Å². The normalized spacial score (nSPS) is 10.9. The lowest BCUT2D eigenvalue weighted by atomic mass is 9.93. The zero-order valence-electron chi connectivity index (χ0n) is 11.8. The number of nitrogens with zero attached hydrogens (tertiary/aromatic N) is 1. The number of nitro benzene ring substituents is 1. The van der Waals surface area contributed by atoms with E-state index in [1.165, 1.54) is 25.3 Å². The van der Waals surface area contributed by atoms with Crippen LogP contribution in [-0.2, 0) is 9.53 Å². The smallest absolute Gasteiger partial charge is 0.313 e. The number of amides is 1. The van der Waals surface area contributed by atoms with Crippen molar-refractivity contribution in [2.24, 2.45) is 5.41 Å². The van der Waals surface area contributed by atoms with Gasteiger partial charge in [0.2, 0.25) is 0 Å². The summed E-state index contributed by atoms with van der Waals surface area (Å²) in [5, 5.41) is 13.4. The monoisotopic (exact) mass is 358 g/mol. The SMILES string of the molecule is COC(=O)C(C)(C)CNC(=O)c1cc(Br)ccc1[N+](=O)[O-]. The summed E-state index contributed by atoms with van der Waals surface area (Å²) < 4.78 is 5.17. The van der Waals surface area contributed by atoms with Gasteiger partial charge in [0.25, 0.3) is 11.6 Å². The highest BCUT2D eigenvalue weighted by atomic mass is 79.9. The third-order valence-corrected chi connectivity index (χ3v) is 3.32. The largest absolute Gasteiger partial charge is 0.469 e. The highest BCUT2D eigenvalue weighted by Gasteiger charge is 2.30. The van der Waals surface area contributed by atoms with Crippen LogP contribution in [0.15, 0.2) is 22.7 Å². The third-order valence-electron chi connectivity index (χ3n) is 2.83. The zero-order chi connectivity index (χ0) is 16.2. The van der Waals surface area contributed by atoms with Crippen LogP contribution in [0.3, 0.4) is 0 Å². The van der Waals surface area contributed by atoms with Gasteiger partial charge in [-0.15, -0.1) is 0 Å². The van der Waals surface area contributed by atoms with E-state index in [1.807, 2.05) is 0 Å². The van der Waals surface area contributed by atoms with Gasteiger partial charge in [-0.3, -0.25) is 19.7 Å². The summed E-state index contributed by atoms with van der Waals surface area (Å²) in [6, 6.07) is 4.08. The number of hydrogen-bond acceptors (Lipinski definition) is 5. The van der Waals surface area contributed by atoms with Crippen molar-refractivity contribution in [1.29, 1.82) is 0 Å². The molecule has 0 unspecified atom stereocenters. The van der Waals surface area contributed by atoms with E-state index in [0.29, 0.717) is 4.47 Å². The van der Waals surface area contributed by atoms with Gasteiger partial charge in [0.05, 0.1) is 17.4 Å². The Morgan fingerprint density at radius 1 is 1.43 bits per heavy atom. The first-order valence-electron chi connectivity index (χ1n) is 5.99. The Hall–Kier alpha value is -1.96. The number of benzene rings is 1. The van der Waals surface area contributed by atoms with Crippen molar-refractivity contribution >= 4 is 33.5 Å². The minimum atomic E-state index is -0.925. The van der Waals surface area contributed by atoms with Crippen LogP contribution in [0, 0.1) is 15.5 Å². The van der Waals surface area contributed by atoms with Gasteiger partial charge in [0, 0.05) is 17.1 Å². The molecule has 0 aliphatic rings. The fraction of sp³-hybridized carbons (Fsp3) is 0.385. The molecule has 0 bridgehead atoms. The number of methoxy groups -OCH3 is 1. The molecule has 1 aromatic carbocycles. The molecule has 0 atom stereocenters. The lowest BCUT2D eigenvalue weighted by Gasteiger charge is -2.21. The number of halogens is 1. The summed E-state index contributed by atoms with van der Waals surface area (Å²) in [5.41, 5.74) is -1.30. The van der Waals surface area contributed by atoms with Crippen LogP contribution in [0.4, 0.5) is 5.69 Å². The van der Waals surface area contributed by atoms with E-state index in [0.717, 1.165) is 0 Å². The molecule has 0 radical (unpaired) electrons. The molecule has 1 N–H and O–H groups in total. The molecule has 0 aliphatic carbocycles. The molecule has 0 spiro atoms. The van der Waals surface area contributed by atoms with Gasteiger partial charge in [0.1, 0.15) is 5.56 Å². The maximum absolute atomic E-state index is 12.1. The number of ether oxygens (including phenoxy) is 1. The molecule has 114 valence electrons. The predicted molar refractivity (Wildman–Crippen MR) is 78.9 cm³/mol. The first kappa shape index (κ1) is 17.1. The minimum Gasteiger partial charge on any atom is -0.469 e. The van der Waals surface area contributed by atoms with Crippen molar-refractivity contribution in [2.75, 3.05) is 13.7 Å². The lowest BCUT2D eigenvalue weighted by Crippen LogP contribution is -2.39. The molecule has 7 nitrogen and oxygen atoms in total. The average molecular weight is 359 g/mol. The van der Waals surface area contributed by atoms with E-state index in [1.54, 1.807) is 13.8 Å². The van der Waals surface area contributed by atoms with Crippen LogP contribution in [0.1, 0.15) is 24.2 Å². The number of esters is 1. The average Bonchev–Trinajstić information content (AvgIpc) is 2.43. The minimum absolute atomic E-state index is 0.00216. The van der Waals surface area contributed by atoms with Gasteiger partial charge in [-0.1, -0.05) is 15.9 Å². The molecule has 0 aliphatic heterocycles. The van der Waals surface area contributed by atoms with Crippen molar-refractivity contribution in [3.05, 3.63) is 38.3 Å². The maximum Gasteiger partial charge on any atom is 0.313 e. The number of carbonyl (C=O) groups excluding carboxylic acids is 2. The number of carbonyl (C=O) groups is 2. The number of nitro groups is 1. The van der Waals surface area contributed by atoms with E-state index in [4.69, 9.17) is 0 Å². The second kappa shape index (κ2) is 6.66. The number of nitrogens with one attached hydrogen (secondary N) is 1. The zero-order valence-corrected chi connectivity index (χ0v) is 13.4. The van der Waals surface area contributed by atoms with Crippen molar-refractivity contribution in [3.63, 3.8) is 0 Å². The first-order valence-corrected chi connectivity index (χ1v) is 6.79. The highest BCUT2D eigenvalue weighted by molar-refractivity contribution is 9.10.